The van der Waals surface area contributed by atoms with Crippen molar-refractivity contribution in [3.05, 3.63) is 53.9 Å². The molecule has 0 atom stereocenters. The first-order chi connectivity index (χ1) is 11.2. The molecule has 5 nitrogen and oxygen atoms in total. The third-order valence-electron chi connectivity index (χ3n) is 4.32. The van der Waals surface area contributed by atoms with Crippen LogP contribution in [0, 0.1) is 0 Å². The van der Waals surface area contributed by atoms with Crippen LogP contribution in [0.3, 0.4) is 0 Å². The summed E-state index contributed by atoms with van der Waals surface area (Å²) in [7, 11) is 0. The predicted molar refractivity (Wildman–Crippen MR) is 86.7 cm³/mol. The summed E-state index contributed by atoms with van der Waals surface area (Å²) in [6.45, 7) is 2.78. The van der Waals surface area contributed by atoms with Gasteiger partial charge in [-0.05, 0) is 29.8 Å². The second-order valence-corrected chi connectivity index (χ2v) is 5.65. The van der Waals surface area contributed by atoms with E-state index in [9.17, 15) is 9.59 Å². The first kappa shape index (κ1) is 13.8. The second kappa shape index (κ2) is 5.12. The molecule has 116 valence electrons. The number of rotatable bonds is 2. The second-order valence-electron chi connectivity index (χ2n) is 5.65. The van der Waals surface area contributed by atoms with Gasteiger partial charge < -0.3 is 9.64 Å². The molecule has 0 saturated heterocycles. The van der Waals surface area contributed by atoms with Crippen LogP contribution in [0.15, 0.2) is 53.9 Å². The first-order valence-electron chi connectivity index (χ1n) is 7.65. The fourth-order valence-corrected chi connectivity index (χ4v) is 3.07. The van der Waals surface area contributed by atoms with Crippen molar-refractivity contribution < 1.29 is 14.3 Å². The largest absolute Gasteiger partial charge is 0.470 e. The lowest BCUT2D eigenvalue weighted by atomic mass is 10.1. The van der Waals surface area contributed by atoms with Crippen LogP contribution >= 0.6 is 0 Å². The van der Waals surface area contributed by atoms with E-state index in [0.29, 0.717) is 19.1 Å². The summed E-state index contributed by atoms with van der Waals surface area (Å²) in [5.41, 5.74) is 1.09. The monoisotopic (exact) mass is 308 g/mol. The fraction of sp³-hybridized carbons (Fsp3) is 0.222. The van der Waals surface area contributed by atoms with Gasteiger partial charge in [-0.1, -0.05) is 30.3 Å². The molecule has 23 heavy (non-hydrogen) atoms. The lowest BCUT2D eigenvalue weighted by Gasteiger charge is -2.35. The van der Waals surface area contributed by atoms with Crippen LogP contribution in [0.2, 0.25) is 0 Å². The normalized spacial score (nSPS) is 17.8. The van der Waals surface area contributed by atoms with Gasteiger partial charge in [-0.25, -0.2) is 0 Å². The highest BCUT2D eigenvalue weighted by Crippen LogP contribution is 2.32. The molecule has 0 spiro atoms. The third kappa shape index (κ3) is 2.08. The van der Waals surface area contributed by atoms with Crippen LogP contribution in [0.4, 0.5) is 5.69 Å². The number of amides is 1. The summed E-state index contributed by atoms with van der Waals surface area (Å²) < 4.78 is 5.52. The standard InChI is InChI=1S/C18H16N2O3/c1-2-19-11-20(18-16(17(19)22)15(21)10-23-18)14-8-7-12-5-3-4-6-13(12)9-14/h3-9H,2,10-11H2,1H3. The number of likely N-dealkylation sites (N-methyl/N-ethyl adjacent to an activating group) is 1. The van der Waals surface area contributed by atoms with E-state index in [2.05, 4.69) is 12.1 Å². The molecular weight excluding hydrogens is 292 g/mol. The molecule has 2 aromatic carbocycles. The summed E-state index contributed by atoms with van der Waals surface area (Å²) in [6, 6.07) is 14.2. The number of anilines is 1. The Kier molecular flexibility index (Phi) is 3.08. The van der Waals surface area contributed by atoms with E-state index in [1.165, 1.54) is 0 Å². The molecule has 0 bridgehead atoms. The maximum absolute atomic E-state index is 12.4. The molecule has 2 aliphatic rings. The van der Waals surface area contributed by atoms with E-state index in [0.717, 1.165) is 16.5 Å². The van der Waals surface area contributed by atoms with E-state index < -0.39 is 0 Å². The molecule has 2 aliphatic heterocycles. The smallest absolute Gasteiger partial charge is 0.264 e. The summed E-state index contributed by atoms with van der Waals surface area (Å²) in [6.07, 6.45) is 0. The topological polar surface area (TPSA) is 49.9 Å². The molecule has 0 unspecified atom stereocenters. The minimum absolute atomic E-state index is 0.0575. The SMILES string of the molecule is CCN1CN(c2ccc3ccccc3c2)C2=C(C(=O)CO2)C1=O. The number of Topliss-reactive ketones (excluding diaryl/α,β-unsaturated/α-hetero) is 1. The zero-order valence-corrected chi connectivity index (χ0v) is 12.8. The van der Waals surface area contributed by atoms with Crippen LogP contribution in [0.1, 0.15) is 6.92 Å². The van der Waals surface area contributed by atoms with E-state index in [1.54, 1.807) is 4.90 Å². The Hall–Kier alpha value is -2.82. The van der Waals surface area contributed by atoms with Gasteiger partial charge in [0, 0.05) is 12.2 Å². The molecular formula is C18H16N2O3. The Morgan fingerprint density at radius 2 is 1.87 bits per heavy atom. The van der Waals surface area contributed by atoms with Crippen molar-refractivity contribution in [3.63, 3.8) is 0 Å². The fourth-order valence-electron chi connectivity index (χ4n) is 3.07. The number of nitrogens with zero attached hydrogens (tertiary/aromatic N) is 2. The first-order valence-corrected chi connectivity index (χ1v) is 7.65. The highest BCUT2D eigenvalue weighted by molar-refractivity contribution is 6.22. The van der Waals surface area contributed by atoms with Gasteiger partial charge >= 0.3 is 0 Å². The number of benzene rings is 2. The van der Waals surface area contributed by atoms with Gasteiger partial charge in [-0.2, -0.15) is 0 Å². The van der Waals surface area contributed by atoms with Crippen LogP contribution in [-0.4, -0.2) is 36.4 Å². The molecule has 5 heteroatoms. The number of carbonyl (C=O) groups excluding carboxylic acids is 2. The summed E-state index contributed by atoms with van der Waals surface area (Å²) >= 11 is 0. The maximum atomic E-state index is 12.4. The van der Waals surface area contributed by atoms with Crippen molar-refractivity contribution >= 4 is 28.2 Å². The number of fused-ring (bicyclic) bond motifs is 1. The molecule has 1 amide bonds. The molecule has 0 saturated carbocycles. The number of carbonyl (C=O) groups is 2. The highest BCUT2D eigenvalue weighted by atomic mass is 16.5. The summed E-state index contributed by atoms with van der Waals surface area (Å²) in [4.78, 5) is 27.9. The van der Waals surface area contributed by atoms with Crippen molar-refractivity contribution in [1.82, 2.24) is 4.90 Å². The van der Waals surface area contributed by atoms with Crippen molar-refractivity contribution in [2.45, 2.75) is 6.92 Å². The predicted octanol–water partition coefficient (Wildman–Crippen LogP) is 2.28. The van der Waals surface area contributed by atoms with Crippen LogP contribution < -0.4 is 4.90 Å². The third-order valence-corrected chi connectivity index (χ3v) is 4.32. The molecule has 0 N–H and O–H groups in total. The molecule has 2 aromatic rings. The average molecular weight is 308 g/mol. The zero-order valence-electron chi connectivity index (χ0n) is 12.8. The molecule has 4 rings (SSSR count). The lowest BCUT2D eigenvalue weighted by Crippen LogP contribution is -2.47. The van der Waals surface area contributed by atoms with Gasteiger partial charge in [0.2, 0.25) is 11.7 Å². The molecule has 0 aromatic heterocycles. The van der Waals surface area contributed by atoms with Gasteiger partial charge in [-0.15, -0.1) is 0 Å². The quantitative estimate of drug-likeness (QED) is 0.799. The highest BCUT2D eigenvalue weighted by Gasteiger charge is 2.41. The summed E-state index contributed by atoms with van der Waals surface area (Å²) in [5.74, 6) is -0.0871. The minimum Gasteiger partial charge on any atom is -0.470 e. The Morgan fingerprint density at radius 3 is 2.65 bits per heavy atom. The van der Waals surface area contributed by atoms with Gasteiger partial charge in [-0.3, -0.25) is 14.5 Å². The maximum Gasteiger partial charge on any atom is 0.264 e. The Labute approximate surface area is 133 Å². The lowest BCUT2D eigenvalue weighted by molar-refractivity contribution is -0.129. The number of ketones is 1. The number of hydrogen-bond acceptors (Lipinski definition) is 4. The summed E-state index contributed by atoms with van der Waals surface area (Å²) in [5, 5.41) is 2.26. The van der Waals surface area contributed by atoms with Crippen LogP contribution in [0.25, 0.3) is 10.8 Å². The van der Waals surface area contributed by atoms with Gasteiger partial charge in [0.1, 0.15) is 12.2 Å². The molecule has 0 fully saturated rings. The Bertz CT molecular complexity index is 856. The van der Waals surface area contributed by atoms with E-state index >= 15 is 0 Å². The van der Waals surface area contributed by atoms with Crippen molar-refractivity contribution in [2.24, 2.45) is 0 Å². The van der Waals surface area contributed by atoms with E-state index in [-0.39, 0.29) is 23.9 Å². The van der Waals surface area contributed by atoms with Crippen molar-refractivity contribution in [3.8, 4) is 0 Å². The average Bonchev–Trinajstić information content (AvgIpc) is 2.97. The minimum atomic E-state index is -0.242. The van der Waals surface area contributed by atoms with Gasteiger partial charge in [0.15, 0.2) is 6.61 Å². The zero-order chi connectivity index (χ0) is 16.0. The molecule has 2 heterocycles. The van der Waals surface area contributed by atoms with Gasteiger partial charge in [0.05, 0.1) is 0 Å². The molecule has 0 radical (unpaired) electrons. The van der Waals surface area contributed by atoms with Crippen molar-refractivity contribution in [1.29, 1.82) is 0 Å². The van der Waals surface area contributed by atoms with Gasteiger partial charge in [0.25, 0.3) is 5.91 Å². The van der Waals surface area contributed by atoms with Crippen LogP contribution in [0.5, 0.6) is 0 Å². The van der Waals surface area contributed by atoms with E-state index in [1.807, 2.05) is 42.2 Å². The van der Waals surface area contributed by atoms with Crippen LogP contribution in [-0.2, 0) is 14.3 Å². The number of ether oxygens (including phenoxy) is 1. The Balaban J connectivity index is 1.84. The van der Waals surface area contributed by atoms with E-state index in [4.69, 9.17) is 4.74 Å². The molecule has 0 aliphatic carbocycles. The number of hydrogen-bond donors (Lipinski definition) is 0. The van der Waals surface area contributed by atoms with Crippen molar-refractivity contribution in [2.75, 3.05) is 24.7 Å². The Morgan fingerprint density at radius 1 is 1.09 bits per heavy atom.